The number of alkyl carbamates (subject to hydrolysis) is 2. The largest absolute Gasteiger partial charge is 0.453 e. The summed E-state index contributed by atoms with van der Waals surface area (Å²) in [5, 5.41) is 6.64. The third-order valence-corrected chi connectivity index (χ3v) is 12.5. The van der Waals surface area contributed by atoms with Crippen molar-refractivity contribution in [2.45, 2.75) is 97.4 Å². The number of fused-ring (bicyclic) bond motifs is 5. The standard InChI is InChI=1S/C45H55N9O6/c1-8-52-34-16-14-27(33-23-47-41(49-33)36-12-10-18-54(36)43(56)38(25(4)5)51-45(58)60-7)20-30(34)31-21-28-19-26(13-15-29(28)39(31)52)32-22-46-40(48-32)35-11-9-17-53(35)42(55)37(24(2)3)50-44(57)59-6/h13-16,19-20,22-25,35-38H,8-12,17-18,21H2,1-7H3,(H,46,48)(H,47,49)(H,50,57)(H,51,58)/t35-,36-,37?,38?/m0/s1. The number of aromatic nitrogens is 5. The lowest BCUT2D eigenvalue weighted by molar-refractivity contribution is -0.136. The lowest BCUT2D eigenvalue weighted by atomic mass is 10.0. The summed E-state index contributed by atoms with van der Waals surface area (Å²) in [6, 6.07) is 11.3. The number of nitrogens with zero attached hydrogens (tertiary/aromatic N) is 5. The van der Waals surface area contributed by atoms with E-state index in [0.717, 1.165) is 72.8 Å². The third-order valence-electron chi connectivity index (χ3n) is 12.5. The van der Waals surface area contributed by atoms with Crippen LogP contribution in [-0.2, 0) is 32.0 Å². The SMILES string of the molecule is CCn1c2c(c3cc(-c4cnc([C@@H]5CCCN5C(=O)C(NC(=O)OC)C(C)C)[nH]4)ccc31)Cc1cc(-c3cnc([C@@H]4CCCN4C(=O)C(NC(=O)OC)C(C)C)[nH]3)ccc1-2. The number of rotatable bonds is 11. The lowest BCUT2D eigenvalue weighted by Gasteiger charge is -2.30. The van der Waals surface area contributed by atoms with Crippen molar-refractivity contribution in [3.8, 4) is 33.8 Å². The van der Waals surface area contributed by atoms with E-state index in [-0.39, 0.29) is 35.7 Å². The normalized spacial score (nSPS) is 18.2. The molecule has 0 radical (unpaired) electrons. The van der Waals surface area contributed by atoms with Crippen molar-refractivity contribution in [2.75, 3.05) is 27.3 Å². The number of aromatic amines is 2. The Bertz CT molecular complexity index is 2450. The second-order valence-corrected chi connectivity index (χ2v) is 16.8. The highest BCUT2D eigenvalue weighted by Gasteiger charge is 2.39. The molecule has 3 aromatic heterocycles. The molecule has 4 N–H and O–H groups in total. The molecule has 0 bridgehead atoms. The summed E-state index contributed by atoms with van der Waals surface area (Å²) in [4.78, 5) is 71.8. The minimum Gasteiger partial charge on any atom is -0.453 e. The van der Waals surface area contributed by atoms with Crippen LogP contribution < -0.4 is 10.6 Å². The molecule has 316 valence electrons. The average molecular weight is 818 g/mol. The van der Waals surface area contributed by atoms with Gasteiger partial charge in [0, 0.05) is 48.1 Å². The molecular weight excluding hydrogens is 763 g/mol. The highest BCUT2D eigenvalue weighted by Crippen LogP contribution is 2.45. The molecule has 2 saturated heterocycles. The highest BCUT2D eigenvalue weighted by atomic mass is 16.5. The van der Waals surface area contributed by atoms with E-state index in [2.05, 4.69) is 68.5 Å². The van der Waals surface area contributed by atoms with Crippen molar-refractivity contribution >= 4 is 34.9 Å². The van der Waals surface area contributed by atoms with Gasteiger partial charge in [-0.2, -0.15) is 0 Å². The Morgan fingerprint density at radius 2 is 1.28 bits per heavy atom. The van der Waals surface area contributed by atoms with Gasteiger partial charge in [-0.3, -0.25) is 9.59 Å². The number of nitrogens with one attached hydrogen (secondary N) is 4. The van der Waals surface area contributed by atoms with Gasteiger partial charge in [0.2, 0.25) is 11.8 Å². The summed E-state index contributed by atoms with van der Waals surface area (Å²) >= 11 is 0. The number of carbonyl (C=O) groups excluding carboxylic acids is 4. The molecule has 3 aliphatic rings. The number of likely N-dealkylation sites (tertiary alicyclic amines) is 2. The topological polar surface area (TPSA) is 180 Å². The number of methoxy groups -OCH3 is 2. The molecule has 2 fully saturated rings. The van der Waals surface area contributed by atoms with E-state index in [1.807, 2.05) is 49.9 Å². The minimum absolute atomic E-state index is 0.110. The molecule has 0 spiro atoms. The summed E-state index contributed by atoms with van der Waals surface area (Å²) in [5.41, 5.74) is 9.98. The van der Waals surface area contributed by atoms with Crippen LogP contribution in [-0.4, -0.2) is 97.7 Å². The van der Waals surface area contributed by atoms with E-state index < -0.39 is 24.3 Å². The zero-order valence-electron chi connectivity index (χ0n) is 35.4. The molecule has 2 unspecified atom stereocenters. The molecule has 60 heavy (non-hydrogen) atoms. The zero-order valence-corrected chi connectivity index (χ0v) is 35.4. The van der Waals surface area contributed by atoms with Gasteiger partial charge in [0.05, 0.1) is 55.8 Å². The summed E-state index contributed by atoms with van der Waals surface area (Å²) < 4.78 is 12.0. The predicted molar refractivity (Wildman–Crippen MR) is 227 cm³/mol. The molecule has 4 atom stereocenters. The molecule has 2 aliphatic heterocycles. The van der Waals surface area contributed by atoms with E-state index in [0.29, 0.717) is 13.1 Å². The van der Waals surface area contributed by atoms with E-state index in [4.69, 9.17) is 19.4 Å². The van der Waals surface area contributed by atoms with Gasteiger partial charge in [-0.05, 0) is 79.3 Å². The van der Waals surface area contributed by atoms with Crippen LogP contribution in [0.5, 0.6) is 0 Å². The molecule has 15 heteroatoms. The number of imidazole rings is 2. The molecule has 0 saturated carbocycles. The second kappa shape index (κ2) is 16.5. The van der Waals surface area contributed by atoms with Gasteiger partial charge < -0.3 is 44.4 Å². The molecular formula is C45H55N9O6. The van der Waals surface area contributed by atoms with Gasteiger partial charge in [0.15, 0.2) is 0 Å². The Labute approximate surface area is 349 Å². The van der Waals surface area contributed by atoms with E-state index >= 15 is 0 Å². The molecule has 1 aliphatic carbocycles. The Hall–Kier alpha value is -6.12. The van der Waals surface area contributed by atoms with Crippen LogP contribution in [0.3, 0.4) is 0 Å². The first-order valence-corrected chi connectivity index (χ1v) is 21.1. The number of benzene rings is 2. The molecule has 5 aromatic rings. The summed E-state index contributed by atoms with van der Waals surface area (Å²) in [6.45, 7) is 11.8. The number of ether oxygens (including phenoxy) is 2. The molecule has 2 aromatic carbocycles. The Morgan fingerprint density at radius 3 is 1.78 bits per heavy atom. The smallest absolute Gasteiger partial charge is 0.407 e. The van der Waals surface area contributed by atoms with Gasteiger partial charge in [-0.15, -0.1) is 0 Å². The van der Waals surface area contributed by atoms with Crippen molar-refractivity contribution in [2.24, 2.45) is 11.8 Å². The van der Waals surface area contributed by atoms with Crippen LogP contribution >= 0.6 is 0 Å². The number of hydrogen-bond acceptors (Lipinski definition) is 8. The van der Waals surface area contributed by atoms with Crippen molar-refractivity contribution in [3.63, 3.8) is 0 Å². The van der Waals surface area contributed by atoms with E-state index in [1.165, 1.54) is 47.5 Å². The first-order chi connectivity index (χ1) is 28.9. The number of amides is 4. The first-order valence-electron chi connectivity index (χ1n) is 21.1. The fraction of sp³-hybridized carbons (Fsp3) is 0.467. The van der Waals surface area contributed by atoms with Gasteiger partial charge in [-0.1, -0.05) is 45.9 Å². The summed E-state index contributed by atoms with van der Waals surface area (Å²) in [7, 11) is 2.59. The first kappa shape index (κ1) is 40.7. The number of carbonyl (C=O) groups is 4. The van der Waals surface area contributed by atoms with Crippen LogP contribution in [0.25, 0.3) is 44.7 Å². The second-order valence-electron chi connectivity index (χ2n) is 16.8. The van der Waals surface area contributed by atoms with Gasteiger partial charge in [0.1, 0.15) is 23.7 Å². The van der Waals surface area contributed by atoms with Crippen LogP contribution in [0, 0.1) is 11.8 Å². The molecule has 4 amide bonds. The Kier molecular flexibility index (Phi) is 11.2. The fourth-order valence-corrected chi connectivity index (χ4v) is 9.43. The Morgan fingerprint density at radius 1 is 0.767 bits per heavy atom. The van der Waals surface area contributed by atoms with Crippen molar-refractivity contribution in [1.82, 2.24) is 44.9 Å². The summed E-state index contributed by atoms with van der Waals surface area (Å²) in [5.74, 6) is 0.978. The van der Waals surface area contributed by atoms with E-state index in [9.17, 15) is 19.2 Å². The molecule has 5 heterocycles. The third kappa shape index (κ3) is 7.27. The van der Waals surface area contributed by atoms with Crippen LogP contribution in [0.1, 0.15) is 95.2 Å². The molecule has 15 nitrogen and oxygen atoms in total. The maximum Gasteiger partial charge on any atom is 0.407 e. The van der Waals surface area contributed by atoms with Gasteiger partial charge in [-0.25, -0.2) is 19.6 Å². The fourth-order valence-electron chi connectivity index (χ4n) is 9.43. The number of hydrogen-bond donors (Lipinski definition) is 4. The number of aryl methyl sites for hydroxylation is 1. The van der Waals surface area contributed by atoms with Crippen molar-refractivity contribution in [3.05, 3.63) is 71.6 Å². The highest BCUT2D eigenvalue weighted by molar-refractivity contribution is 5.98. The maximum atomic E-state index is 13.7. The zero-order chi connectivity index (χ0) is 42.4. The van der Waals surface area contributed by atoms with Crippen molar-refractivity contribution < 1.29 is 28.7 Å². The predicted octanol–water partition coefficient (Wildman–Crippen LogP) is 7.10. The Balaban J connectivity index is 1.02. The number of H-pyrrole nitrogens is 2. The lowest BCUT2D eigenvalue weighted by Crippen LogP contribution is -2.51. The van der Waals surface area contributed by atoms with Gasteiger partial charge >= 0.3 is 12.2 Å². The quantitative estimate of drug-likeness (QED) is 0.107. The summed E-state index contributed by atoms with van der Waals surface area (Å²) in [6.07, 6.45) is 6.49. The van der Waals surface area contributed by atoms with Crippen LogP contribution in [0.2, 0.25) is 0 Å². The van der Waals surface area contributed by atoms with Crippen LogP contribution in [0.4, 0.5) is 9.59 Å². The van der Waals surface area contributed by atoms with Crippen molar-refractivity contribution in [1.29, 1.82) is 0 Å². The van der Waals surface area contributed by atoms with E-state index in [1.54, 1.807) is 0 Å². The van der Waals surface area contributed by atoms with Crippen LogP contribution in [0.15, 0.2) is 48.8 Å². The average Bonchev–Trinajstić information content (AvgIpc) is 4.10. The van der Waals surface area contributed by atoms with Gasteiger partial charge in [0.25, 0.3) is 0 Å². The molecule has 8 rings (SSSR count). The maximum absolute atomic E-state index is 13.7. The minimum atomic E-state index is -0.696. The monoisotopic (exact) mass is 817 g/mol.